The van der Waals surface area contributed by atoms with Crippen molar-refractivity contribution in [3.05, 3.63) is 59.2 Å². The second-order valence-corrected chi connectivity index (χ2v) is 10.1. The molecule has 40 heavy (non-hydrogen) atoms. The van der Waals surface area contributed by atoms with Crippen LogP contribution in [0.4, 0.5) is 8.78 Å². The number of hydrogen-bond donors (Lipinski definition) is 0. The van der Waals surface area contributed by atoms with Crippen molar-refractivity contribution >= 4 is 17.9 Å². The second kappa shape index (κ2) is 18.1. The minimum absolute atomic E-state index is 0.0217. The smallest absolute Gasteiger partial charge is 0.346 e. The van der Waals surface area contributed by atoms with Gasteiger partial charge in [0.25, 0.3) is 0 Å². The Bertz CT molecular complexity index is 1100. The Hall–Kier alpha value is -3.29. The molecule has 0 bridgehead atoms. The molecule has 2 rings (SSSR count). The summed E-state index contributed by atoms with van der Waals surface area (Å²) in [6.07, 6.45) is 12.3. The van der Waals surface area contributed by atoms with Crippen LogP contribution in [0.2, 0.25) is 0 Å². The fourth-order valence-corrected chi connectivity index (χ4v) is 4.17. The Balaban J connectivity index is 1.86. The maximum absolute atomic E-state index is 14.6. The summed E-state index contributed by atoms with van der Waals surface area (Å²) in [6, 6.07) is 6.62. The molecule has 0 aliphatic carbocycles. The lowest BCUT2D eigenvalue weighted by atomic mass is 10.1. The van der Waals surface area contributed by atoms with Gasteiger partial charge < -0.3 is 14.2 Å². The summed E-state index contributed by atoms with van der Waals surface area (Å²) in [6.45, 7) is 6.06. The van der Waals surface area contributed by atoms with E-state index in [-0.39, 0.29) is 23.8 Å². The largest absolute Gasteiger partial charge is 0.459 e. The van der Waals surface area contributed by atoms with Crippen LogP contribution >= 0.6 is 0 Å². The molecule has 0 saturated heterocycles. The van der Waals surface area contributed by atoms with Gasteiger partial charge in [-0.1, -0.05) is 71.6 Å². The molecular formula is C32H42F2O6. The molecule has 1 unspecified atom stereocenters. The van der Waals surface area contributed by atoms with Crippen LogP contribution in [0.25, 0.3) is 0 Å². The fraction of sp³-hybridized carbons (Fsp3) is 0.531. The van der Waals surface area contributed by atoms with E-state index in [0.29, 0.717) is 12.8 Å². The number of halogens is 2. The Morgan fingerprint density at radius 2 is 1.38 bits per heavy atom. The van der Waals surface area contributed by atoms with E-state index in [1.165, 1.54) is 31.4 Å². The van der Waals surface area contributed by atoms with Crippen molar-refractivity contribution in [2.45, 2.75) is 110 Å². The summed E-state index contributed by atoms with van der Waals surface area (Å²) >= 11 is 0. The molecule has 0 aliphatic heterocycles. The fourth-order valence-electron chi connectivity index (χ4n) is 4.17. The van der Waals surface area contributed by atoms with E-state index >= 15 is 0 Å². The zero-order valence-electron chi connectivity index (χ0n) is 23.9. The number of esters is 3. The number of unbranched alkanes of at least 4 members (excludes halogenated alkanes) is 9. The molecule has 0 N–H and O–H groups in total. The topological polar surface area (TPSA) is 78.9 Å². The van der Waals surface area contributed by atoms with Crippen LogP contribution in [-0.4, -0.2) is 24.0 Å². The van der Waals surface area contributed by atoms with Crippen LogP contribution in [0.5, 0.6) is 11.5 Å². The van der Waals surface area contributed by atoms with E-state index in [2.05, 4.69) is 13.8 Å². The Labute approximate surface area is 236 Å². The van der Waals surface area contributed by atoms with E-state index in [1.54, 1.807) is 6.92 Å². The molecule has 0 amide bonds. The van der Waals surface area contributed by atoms with Crippen LogP contribution in [0.3, 0.4) is 0 Å². The first-order chi connectivity index (χ1) is 19.2. The molecule has 2 aromatic carbocycles. The summed E-state index contributed by atoms with van der Waals surface area (Å²) in [5.74, 6) is -4.71. The number of ether oxygens (including phenoxy) is 3. The van der Waals surface area contributed by atoms with Crippen LogP contribution < -0.4 is 9.47 Å². The molecule has 0 spiro atoms. The van der Waals surface area contributed by atoms with Crippen molar-refractivity contribution < 1.29 is 37.4 Å². The van der Waals surface area contributed by atoms with E-state index < -0.39 is 40.9 Å². The van der Waals surface area contributed by atoms with E-state index in [4.69, 9.17) is 14.2 Å². The average Bonchev–Trinajstić information content (AvgIpc) is 2.91. The van der Waals surface area contributed by atoms with Crippen LogP contribution in [0.15, 0.2) is 36.4 Å². The molecule has 0 aromatic heterocycles. The lowest BCUT2D eigenvalue weighted by Crippen LogP contribution is -2.16. The number of benzene rings is 2. The first kappa shape index (κ1) is 32.9. The summed E-state index contributed by atoms with van der Waals surface area (Å²) in [5, 5.41) is 0. The molecule has 6 nitrogen and oxygen atoms in total. The lowest BCUT2D eigenvalue weighted by molar-refractivity contribution is -0.134. The molecule has 2 aromatic rings. The monoisotopic (exact) mass is 560 g/mol. The highest BCUT2D eigenvalue weighted by Crippen LogP contribution is 2.23. The third-order valence-corrected chi connectivity index (χ3v) is 6.52. The first-order valence-corrected chi connectivity index (χ1v) is 14.5. The van der Waals surface area contributed by atoms with Gasteiger partial charge in [0, 0.05) is 12.5 Å². The standard InChI is InChI=1S/C32H42F2O6/c1-4-6-8-10-11-12-14-16-30(35)39-25-18-19-26(27(33)22-25)32(37)40-29-20-17-24(21-28(29)34)31(36)38-23(3)15-13-9-7-5-2/h17-23H,4-16H2,1-3H3. The second-order valence-electron chi connectivity index (χ2n) is 10.1. The molecule has 0 heterocycles. The van der Waals surface area contributed by atoms with Crippen LogP contribution in [0.1, 0.15) is 125 Å². The van der Waals surface area contributed by atoms with Gasteiger partial charge in [-0.2, -0.15) is 0 Å². The van der Waals surface area contributed by atoms with E-state index in [0.717, 1.165) is 69.2 Å². The molecular weight excluding hydrogens is 518 g/mol. The molecule has 0 fully saturated rings. The maximum atomic E-state index is 14.6. The zero-order chi connectivity index (χ0) is 29.3. The third-order valence-electron chi connectivity index (χ3n) is 6.52. The quantitative estimate of drug-likeness (QED) is 0.103. The van der Waals surface area contributed by atoms with Gasteiger partial charge in [-0.15, -0.1) is 0 Å². The van der Waals surface area contributed by atoms with Crippen molar-refractivity contribution in [3.63, 3.8) is 0 Å². The highest BCUT2D eigenvalue weighted by Gasteiger charge is 2.20. The van der Waals surface area contributed by atoms with Crippen molar-refractivity contribution in [1.29, 1.82) is 0 Å². The average molecular weight is 561 g/mol. The predicted octanol–water partition coefficient (Wildman–Crippen LogP) is 8.75. The van der Waals surface area contributed by atoms with E-state index in [9.17, 15) is 23.2 Å². The van der Waals surface area contributed by atoms with Gasteiger partial charge in [0.15, 0.2) is 11.6 Å². The third kappa shape index (κ3) is 11.8. The van der Waals surface area contributed by atoms with Crippen molar-refractivity contribution in [1.82, 2.24) is 0 Å². The number of hydrogen-bond acceptors (Lipinski definition) is 6. The number of carbonyl (C=O) groups is 3. The maximum Gasteiger partial charge on any atom is 0.346 e. The number of rotatable bonds is 18. The Morgan fingerprint density at radius 3 is 2.02 bits per heavy atom. The van der Waals surface area contributed by atoms with Gasteiger partial charge >= 0.3 is 17.9 Å². The normalized spacial score (nSPS) is 11.6. The molecule has 0 aliphatic rings. The van der Waals surface area contributed by atoms with Crippen molar-refractivity contribution in [2.75, 3.05) is 0 Å². The molecule has 0 radical (unpaired) electrons. The Kier molecular flexibility index (Phi) is 14.9. The van der Waals surface area contributed by atoms with Crippen molar-refractivity contribution in [2.24, 2.45) is 0 Å². The first-order valence-electron chi connectivity index (χ1n) is 14.5. The zero-order valence-corrected chi connectivity index (χ0v) is 23.9. The minimum atomic E-state index is -1.13. The van der Waals surface area contributed by atoms with Crippen molar-refractivity contribution in [3.8, 4) is 11.5 Å². The van der Waals surface area contributed by atoms with Gasteiger partial charge in [-0.3, -0.25) is 4.79 Å². The van der Waals surface area contributed by atoms with Gasteiger partial charge in [0.05, 0.1) is 17.2 Å². The highest BCUT2D eigenvalue weighted by atomic mass is 19.1. The molecule has 0 saturated carbocycles. The van der Waals surface area contributed by atoms with Gasteiger partial charge in [0.1, 0.15) is 11.6 Å². The molecule has 1 atom stereocenters. The minimum Gasteiger partial charge on any atom is -0.459 e. The van der Waals surface area contributed by atoms with Gasteiger partial charge in [-0.25, -0.2) is 18.4 Å². The Morgan fingerprint density at radius 1 is 0.725 bits per heavy atom. The number of carbonyl (C=O) groups excluding carboxylic acids is 3. The summed E-state index contributed by atoms with van der Waals surface area (Å²) in [7, 11) is 0. The lowest BCUT2D eigenvalue weighted by Gasteiger charge is -2.13. The molecule has 8 heteroatoms. The van der Waals surface area contributed by atoms with Crippen LogP contribution in [0, 0.1) is 11.6 Å². The predicted molar refractivity (Wildman–Crippen MR) is 150 cm³/mol. The van der Waals surface area contributed by atoms with E-state index in [1.807, 2.05) is 0 Å². The highest BCUT2D eigenvalue weighted by molar-refractivity contribution is 5.92. The summed E-state index contributed by atoms with van der Waals surface area (Å²) in [4.78, 5) is 36.9. The van der Waals surface area contributed by atoms with Gasteiger partial charge in [0.2, 0.25) is 0 Å². The van der Waals surface area contributed by atoms with Gasteiger partial charge in [-0.05, 0) is 56.5 Å². The summed E-state index contributed by atoms with van der Waals surface area (Å²) in [5.41, 5.74) is -0.474. The summed E-state index contributed by atoms with van der Waals surface area (Å²) < 4.78 is 44.7. The molecule has 220 valence electrons. The SMILES string of the molecule is CCCCCCCCCC(=O)Oc1ccc(C(=O)Oc2ccc(C(=O)OC(C)CCCCCC)cc2F)c(F)c1. The van der Waals surface area contributed by atoms with Crippen LogP contribution in [-0.2, 0) is 9.53 Å².